The molecule has 6 heteroatoms. The van der Waals surface area contributed by atoms with Gasteiger partial charge in [-0.25, -0.2) is 4.98 Å². The molecular formula is C22H25N3O2S. The molecule has 1 fully saturated rings. The minimum Gasteiger partial charge on any atom is -0.373 e. The molecular weight excluding hydrogens is 370 g/mol. The van der Waals surface area contributed by atoms with Crippen molar-refractivity contribution in [3.05, 3.63) is 59.1 Å². The van der Waals surface area contributed by atoms with Gasteiger partial charge in [-0.2, -0.15) is 0 Å². The molecule has 2 aromatic carbocycles. The number of amides is 1. The molecule has 0 bridgehead atoms. The average Bonchev–Trinajstić information content (AvgIpc) is 3.08. The van der Waals surface area contributed by atoms with E-state index in [1.54, 1.807) is 11.3 Å². The number of rotatable bonds is 5. The highest BCUT2D eigenvalue weighted by Gasteiger charge is 2.23. The monoisotopic (exact) mass is 395 g/mol. The number of carbonyl (C=O) groups excluding carboxylic acids is 1. The van der Waals surface area contributed by atoms with Crippen LogP contribution in [0.2, 0.25) is 0 Å². The van der Waals surface area contributed by atoms with Gasteiger partial charge in [0.1, 0.15) is 0 Å². The van der Waals surface area contributed by atoms with Gasteiger partial charge in [0.2, 0.25) is 5.91 Å². The Morgan fingerprint density at radius 1 is 1.18 bits per heavy atom. The Hall–Kier alpha value is -2.28. The van der Waals surface area contributed by atoms with Gasteiger partial charge < -0.3 is 10.1 Å². The smallest absolute Gasteiger partial charge is 0.240 e. The molecule has 2 heterocycles. The second-order valence-corrected chi connectivity index (χ2v) is 8.56. The van der Waals surface area contributed by atoms with Crippen molar-refractivity contribution in [2.75, 3.05) is 25.0 Å². The third-order valence-electron chi connectivity index (χ3n) is 4.91. The van der Waals surface area contributed by atoms with Gasteiger partial charge in [0.15, 0.2) is 5.13 Å². The van der Waals surface area contributed by atoms with Gasteiger partial charge in [0.05, 0.1) is 18.8 Å². The highest BCUT2D eigenvalue weighted by molar-refractivity contribution is 7.15. The third kappa shape index (κ3) is 4.58. The molecule has 5 nitrogen and oxygen atoms in total. The molecule has 1 aliphatic rings. The largest absolute Gasteiger partial charge is 0.373 e. The topological polar surface area (TPSA) is 54.5 Å². The molecule has 146 valence electrons. The number of ether oxygens (including phenoxy) is 1. The molecule has 1 amide bonds. The van der Waals surface area contributed by atoms with E-state index in [0.717, 1.165) is 24.4 Å². The molecule has 0 aliphatic carbocycles. The predicted octanol–water partition coefficient (Wildman–Crippen LogP) is 3.93. The summed E-state index contributed by atoms with van der Waals surface area (Å²) in [6, 6.07) is 14.8. The first-order chi connectivity index (χ1) is 13.6. The Labute approximate surface area is 169 Å². The zero-order chi connectivity index (χ0) is 19.5. The minimum atomic E-state index is -0.0210. The van der Waals surface area contributed by atoms with Crippen LogP contribution in [0.4, 0.5) is 5.13 Å². The highest BCUT2D eigenvalue weighted by atomic mass is 32.1. The van der Waals surface area contributed by atoms with Gasteiger partial charge in [-0.3, -0.25) is 9.69 Å². The molecule has 3 aromatic rings. The van der Waals surface area contributed by atoms with E-state index in [1.807, 2.05) is 20.0 Å². The Morgan fingerprint density at radius 3 is 2.75 bits per heavy atom. The molecule has 0 unspecified atom stereocenters. The summed E-state index contributed by atoms with van der Waals surface area (Å²) in [6.45, 7) is 6.02. The van der Waals surface area contributed by atoms with E-state index in [2.05, 4.69) is 57.7 Å². The van der Waals surface area contributed by atoms with Crippen molar-refractivity contribution in [1.29, 1.82) is 0 Å². The van der Waals surface area contributed by atoms with Gasteiger partial charge in [0, 0.05) is 30.6 Å². The van der Waals surface area contributed by atoms with Crippen molar-refractivity contribution >= 4 is 33.1 Å². The average molecular weight is 396 g/mol. The number of aromatic nitrogens is 1. The summed E-state index contributed by atoms with van der Waals surface area (Å²) < 4.78 is 5.72. The number of morpholine rings is 1. The van der Waals surface area contributed by atoms with Crippen molar-refractivity contribution in [3.63, 3.8) is 0 Å². The quantitative estimate of drug-likeness (QED) is 0.711. The third-order valence-corrected chi connectivity index (χ3v) is 5.82. The normalized spacial score (nSPS) is 20.4. The molecule has 0 saturated carbocycles. The molecule has 28 heavy (non-hydrogen) atoms. The number of fused-ring (bicyclic) bond motifs is 1. The standard InChI is InChI=1S/C22H25N3O2S/c1-15-12-25(13-16(2)27-15)14-21(26)24-22-23-11-19(28-22)10-18-8-5-7-17-6-3-4-9-20(17)18/h3-9,11,15-16H,10,12-14H2,1-2H3,(H,23,24,26)/t15-,16-/m1/s1. The van der Waals surface area contributed by atoms with Crippen molar-refractivity contribution < 1.29 is 9.53 Å². The van der Waals surface area contributed by atoms with Crippen LogP contribution in [0.3, 0.4) is 0 Å². The Morgan fingerprint density at radius 2 is 1.93 bits per heavy atom. The molecule has 1 N–H and O–H groups in total. The second kappa shape index (κ2) is 8.39. The van der Waals surface area contributed by atoms with E-state index in [-0.39, 0.29) is 18.1 Å². The van der Waals surface area contributed by atoms with Crippen LogP contribution in [0.1, 0.15) is 24.3 Å². The number of hydrogen-bond donors (Lipinski definition) is 1. The van der Waals surface area contributed by atoms with Crippen LogP contribution in [0.5, 0.6) is 0 Å². The lowest BCUT2D eigenvalue weighted by Gasteiger charge is -2.34. The SMILES string of the molecule is C[C@@H]1CN(CC(=O)Nc2ncc(Cc3cccc4ccccc34)s2)C[C@@H](C)O1. The van der Waals surface area contributed by atoms with E-state index in [9.17, 15) is 4.79 Å². The summed E-state index contributed by atoms with van der Waals surface area (Å²) >= 11 is 1.54. The van der Waals surface area contributed by atoms with E-state index in [4.69, 9.17) is 4.74 Å². The van der Waals surface area contributed by atoms with Gasteiger partial charge >= 0.3 is 0 Å². The van der Waals surface area contributed by atoms with Gasteiger partial charge in [-0.05, 0) is 30.2 Å². The zero-order valence-electron chi connectivity index (χ0n) is 16.2. The Kier molecular flexibility index (Phi) is 5.71. The maximum atomic E-state index is 12.4. The maximum absolute atomic E-state index is 12.4. The van der Waals surface area contributed by atoms with Crippen LogP contribution in [-0.2, 0) is 16.0 Å². The number of nitrogens with zero attached hydrogens (tertiary/aromatic N) is 2. The van der Waals surface area contributed by atoms with Gasteiger partial charge in [-0.15, -0.1) is 11.3 Å². The molecule has 1 aliphatic heterocycles. The summed E-state index contributed by atoms with van der Waals surface area (Å²) in [5, 5.41) is 6.12. The van der Waals surface area contributed by atoms with Gasteiger partial charge in [0.25, 0.3) is 0 Å². The van der Waals surface area contributed by atoms with E-state index in [0.29, 0.717) is 11.7 Å². The van der Waals surface area contributed by atoms with Crippen LogP contribution in [0.15, 0.2) is 48.7 Å². The summed E-state index contributed by atoms with van der Waals surface area (Å²) in [7, 11) is 0. The van der Waals surface area contributed by atoms with E-state index in [1.165, 1.54) is 16.3 Å². The van der Waals surface area contributed by atoms with Crippen LogP contribution in [-0.4, -0.2) is 47.6 Å². The predicted molar refractivity (Wildman–Crippen MR) is 114 cm³/mol. The van der Waals surface area contributed by atoms with Crippen LogP contribution in [0.25, 0.3) is 10.8 Å². The molecule has 4 rings (SSSR count). The number of nitrogens with one attached hydrogen (secondary N) is 1. The van der Waals surface area contributed by atoms with Crippen LogP contribution in [0, 0.1) is 0 Å². The first-order valence-corrected chi connectivity index (χ1v) is 10.5. The first-order valence-electron chi connectivity index (χ1n) is 9.66. The molecule has 1 saturated heterocycles. The van der Waals surface area contributed by atoms with Gasteiger partial charge in [-0.1, -0.05) is 42.5 Å². The lowest BCUT2D eigenvalue weighted by Crippen LogP contribution is -2.48. The molecule has 1 aromatic heterocycles. The summed E-state index contributed by atoms with van der Waals surface area (Å²) in [5.74, 6) is -0.0210. The second-order valence-electron chi connectivity index (χ2n) is 7.45. The molecule has 0 spiro atoms. The first kappa shape index (κ1) is 19.1. The van der Waals surface area contributed by atoms with Crippen LogP contribution >= 0.6 is 11.3 Å². The lowest BCUT2D eigenvalue weighted by atomic mass is 10.0. The summed E-state index contributed by atoms with van der Waals surface area (Å²) in [5.41, 5.74) is 1.27. The summed E-state index contributed by atoms with van der Waals surface area (Å²) in [4.78, 5) is 20.1. The van der Waals surface area contributed by atoms with Crippen LogP contribution < -0.4 is 5.32 Å². The number of anilines is 1. The fraction of sp³-hybridized carbons (Fsp3) is 0.364. The minimum absolute atomic E-state index is 0.0210. The van der Waals surface area contributed by atoms with Crippen molar-refractivity contribution in [3.8, 4) is 0 Å². The molecule has 0 radical (unpaired) electrons. The highest BCUT2D eigenvalue weighted by Crippen LogP contribution is 2.25. The van der Waals surface area contributed by atoms with Crippen molar-refractivity contribution in [2.45, 2.75) is 32.5 Å². The fourth-order valence-electron chi connectivity index (χ4n) is 3.86. The van der Waals surface area contributed by atoms with Crippen molar-refractivity contribution in [1.82, 2.24) is 9.88 Å². The maximum Gasteiger partial charge on any atom is 0.240 e. The Balaban J connectivity index is 1.38. The fourth-order valence-corrected chi connectivity index (χ4v) is 4.71. The number of benzene rings is 2. The van der Waals surface area contributed by atoms with E-state index >= 15 is 0 Å². The number of carbonyl (C=O) groups is 1. The molecule has 2 atom stereocenters. The van der Waals surface area contributed by atoms with Crippen molar-refractivity contribution in [2.24, 2.45) is 0 Å². The van der Waals surface area contributed by atoms with E-state index < -0.39 is 0 Å². The lowest BCUT2D eigenvalue weighted by molar-refractivity contribution is -0.121. The summed E-state index contributed by atoms with van der Waals surface area (Å²) in [6.07, 6.45) is 2.99. The Bertz CT molecular complexity index is 956. The zero-order valence-corrected chi connectivity index (χ0v) is 17.0. The number of hydrogen-bond acceptors (Lipinski definition) is 5. The number of thiazole rings is 1.